The first-order valence-electron chi connectivity index (χ1n) is 14.4. The van der Waals surface area contributed by atoms with Crippen LogP contribution in [0.25, 0.3) is 11.1 Å². The molecule has 3 atom stereocenters. The summed E-state index contributed by atoms with van der Waals surface area (Å²) in [5, 5.41) is 0.548. The monoisotopic (exact) mass is 566 g/mol. The molecule has 3 heterocycles. The van der Waals surface area contributed by atoms with E-state index >= 15 is 0 Å². The zero-order chi connectivity index (χ0) is 28.8. The molecule has 0 saturated carbocycles. The van der Waals surface area contributed by atoms with Crippen molar-refractivity contribution in [1.82, 2.24) is 9.96 Å². The molecule has 2 saturated heterocycles. The maximum Gasteiger partial charge on any atom is 0.410 e. The molecule has 214 valence electrons. The second-order valence-electron chi connectivity index (χ2n) is 11.2. The number of piperidine rings is 1. The number of hydrogen-bond donors (Lipinski definition) is 0. The van der Waals surface area contributed by atoms with Gasteiger partial charge < -0.3 is 19.2 Å². The molecule has 9 heteroatoms. The number of benzene rings is 3. The Bertz CT molecular complexity index is 1500. The fraction of sp³-hybridized carbons (Fsp3) is 0.333. The van der Waals surface area contributed by atoms with Gasteiger partial charge in [-0.2, -0.15) is 0 Å². The second kappa shape index (κ2) is 10.7. The van der Waals surface area contributed by atoms with E-state index in [1.165, 1.54) is 12.1 Å². The van der Waals surface area contributed by atoms with Gasteiger partial charge in [-0.05, 0) is 60.1 Å². The Morgan fingerprint density at radius 2 is 1.40 bits per heavy atom. The van der Waals surface area contributed by atoms with Gasteiger partial charge in [0.1, 0.15) is 6.61 Å². The molecular formula is C33H30N2O7. The van der Waals surface area contributed by atoms with Crippen molar-refractivity contribution in [2.45, 2.75) is 43.7 Å². The average molecular weight is 567 g/mol. The van der Waals surface area contributed by atoms with E-state index in [0.717, 1.165) is 35.1 Å². The van der Waals surface area contributed by atoms with Gasteiger partial charge in [-0.1, -0.05) is 65.7 Å². The van der Waals surface area contributed by atoms with Crippen molar-refractivity contribution in [1.29, 1.82) is 0 Å². The highest BCUT2D eigenvalue weighted by molar-refractivity contribution is 6.20. The van der Waals surface area contributed by atoms with Gasteiger partial charge >= 0.3 is 12.1 Å². The van der Waals surface area contributed by atoms with Crippen molar-refractivity contribution in [3.05, 3.63) is 95.1 Å². The largest absolute Gasteiger partial charge is 0.448 e. The maximum atomic E-state index is 13.5. The van der Waals surface area contributed by atoms with Crippen molar-refractivity contribution in [3.8, 4) is 11.1 Å². The van der Waals surface area contributed by atoms with Gasteiger partial charge in [-0.15, -0.1) is 0 Å². The number of ether oxygens (including phenoxy) is 2. The van der Waals surface area contributed by atoms with Crippen LogP contribution in [0, 0.1) is 5.92 Å². The predicted octanol–water partition coefficient (Wildman–Crippen LogP) is 4.95. The highest BCUT2D eigenvalue weighted by Gasteiger charge is 2.45. The van der Waals surface area contributed by atoms with Crippen LogP contribution in [0.2, 0.25) is 0 Å². The SMILES string of the molecule is O=C(ON1C(=O)c2ccccc2C1=O)C1CCN(C(=O)OCC2c3ccccc3-c3ccccc32)C(C2CCCO2)C1. The number of hydrogen-bond acceptors (Lipinski definition) is 7. The summed E-state index contributed by atoms with van der Waals surface area (Å²) in [7, 11) is 0. The fourth-order valence-electron chi connectivity index (χ4n) is 6.79. The van der Waals surface area contributed by atoms with E-state index in [9.17, 15) is 19.2 Å². The number of imide groups is 1. The lowest BCUT2D eigenvalue weighted by Gasteiger charge is -2.40. The van der Waals surface area contributed by atoms with Crippen molar-refractivity contribution >= 4 is 23.9 Å². The summed E-state index contributed by atoms with van der Waals surface area (Å²) in [5.74, 6) is -2.65. The van der Waals surface area contributed by atoms with Crippen molar-refractivity contribution in [2.75, 3.05) is 19.8 Å². The smallest absolute Gasteiger partial charge is 0.410 e. The van der Waals surface area contributed by atoms with E-state index in [1.807, 2.05) is 24.3 Å². The van der Waals surface area contributed by atoms with E-state index < -0.39 is 35.8 Å². The number of likely N-dealkylation sites (tertiary alicyclic amines) is 1. The minimum absolute atomic E-state index is 0.0605. The molecule has 9 nitrogen and oxygen atoms in total. The Hall–Kier alpha value is -4.50. The quantitative estimate of drug-likeness (QED) is 0.403. The Labute approximate surface area is 242 Å². The molecule has 0 spiro atoms. The summed E-state index contributed by atoms with van der Waals surface area (Å²) in [6.45, 7) is 1.06. The van der Waals surface area contributed by atoms with Gasteiger partial charge in [0.15, 0.2) is 0 Å². The Balaban J connectivity index is 1.04. The highest BCUT2D eigenvalue weighted by Crippen LogP contribution is 2.44. The molecule has 0 bridgehead atoms. The van der Waals surface area contributed by atoms with Crippen LogP contribution in [0.15, 0.2) is 72.8 Å². The molecule has 42 heavy (non-hydrogen) atoms. The van der Waals surface area contributed by atoms with Crippen LogP contribution in [-0.2, 0) is 19.1 Å². The molecule has 3 aromatic carbocycles. The van der Waals surface area contributed by atoms with Gasteiger partial charge in [0.05, 0.1) is 29.2 Å². The number of hydroxylamine groups is 2. The number of amides is 3. The third-order valence-electron chi connectivity index (χ3n) is 8.88. The molecule has 4 aliphatic rings. The summed E-state index contributed by atoms with van der Waals surface area (Å²) in [6, 6.07) is 22.3. The number of fused-ring (bicyclic) bond motifs is 4. The molecule has 0 N–H and O–H groups in total. The second-order valence-corrected chi connectivity index (χ2v) is 11.2. The Kier molecular flexibility index (Phi) is 6.74. The molecular weight excluding hydrogens is 536 g/mol. The lowest BCUT2D eigenvalue weighted by atomic mass is 9.87. The fourth-order valence-corrected chi connectivity index (χ4v) is 6.79. The van der Waals surface area contributed by atoms with Crippen LogP contribution in [0.5, 0.6) is 0 Å². The van der Waals surface area contributed by atoms with E-state index in [0.29, 0.717) is 18.1 Å². The van der Waals surface area contributed by atoms with Gasteiger partial charge in [0.2, 0.25) is 0 Å². The average Bonchev–Trinajstić information content (AvgIpc) is 3.73. The first-order valence-corrected chi connectivity index (χ1v) is 14.4. The number of carbonyl (C=O) groups is 4. The topological polar surface area (TPSA) is 102 Å². The molecule has 1 aliphatic carbocycles. The van der Waals surface area contributed by atoms with Gasteiger partial charge in [-0.25, -0.2) is 9.59 Å². The molecule has 0 aromatic heterocycles. The van der Waals surface area contributed by atoms with Crippen molar-refractivity contribution < 1.29 is 33.5 Å². The van der Waals surface area contributed by atoms with Gasteiger partial charge in [0, 0.05) is 19.1 Å². The van der Waals surface area contributed by atoms with E-state index in [4.69, 9.17) is 14.3 Å². The molecule has 2 fully saturated rings. The normalized spacial score (nSPS) is 23.0. The Morgan fingerprint density at radius 1 is 0.810 bits per heavy atom. The first-order chi connectivity index (χ1) is 20.5. The molecule has 3 amide bonds. The van der Waals surface area contributed by atoms with Crippen LogP contribution in [0.4, 0.5) is 4.79 Å². The van der Waals surface area contributed by atoms with Crippen LogP contribution in [0.1, 0.15) is 63.4 Å². The molecule has 7 rings (SSSR count). The maximum absolute atomic E-state index is 13.5. The van der Waals surface area contributed by atoms with Crippen LogP contribution >= 0.6 is 0 Å². The van der Waals surface area contributed by atoms with Crippen LogP contribution in [-0.4, -0.2) is 65.7 Å². The highest BCUT2D eigenvalue weighted by atomic mass is 16.7. The minimum atomic E-state index is -0.667. The number of carbonyl (C=O) groups excluding carboxylic acids is 4. The van der Waals surface area contributed by atoms with Crippen LogP contribution in [0.3, 0.4) is 0 Å². The molecule has 0 radical (unpaired) electrons. The minimum Gasteiger partial charge on any atom is -0.448 e. The first kappa shape index (κ1) is 26.4. The Morgan fingerprint density at radius 3 is 2.00 bits per heavy atom. The third kappa shape index (κ3) is 4.44. The van der Waals surface area contributed by atoms with Crippen LogP contribution < -0.4 is 0 Å². The summed E-state index contributed by atoms with van der Waals surface area (Å²) in [5.41, 5.74) is 5.00. The summed E-state index contributed by atoms with van der Waals surface area (Å²) < 4.78 is 11.9. The summed E-state index contributed by atoms with van der Waals surface area (Å²) >= 11 is 0. The van der Waals surface area contributed by atoms with E-state index in [-0.39, 0.29) is 42.7 Å². The zero-order valence-corrected chi connectivity index (χ0v) is 22.9. The van der Waals surface area contributed by atoms with E-state index in [2.05, 4.69) is 24.3 Å². The number of rotatable bonds is 5. The lowest BCUT2D eigenvalue weighted by Crippen LogP contribution is -2.53. The molecule has 3 unspecified atom stereocenters. The predicted molar refractivity (Wildman–Crippen MR) is 150 cm³/mol. The summed E-state index contributed by atoms with van der Waals surface area (Å²) in [6.07, 6.45) is 1.55. The van der Waals surface area contributed by atoms with Crippen molar-refractivity contribution in [2.24, 2.45) is 5.92 Å². The molecule has 3 aromatic rings. The lowest BCUT2D eigenvalue weighted by molar-refractivity contribution is -0.176. The standard InChI is InChI=1S/C33H30N2O7/c36-30-25-12-5-6-13-26(25)31(37)35(30)42-32(38)20-15-16-34(28(18-20)29-14-7-17-40-29)33(39)41-19-27-23-10-3-1-8-21(23)22-9-2-4-11-24(22)27/h1-6,8-13,20,27-29H,7,14-19H2. The molecule has 3 aliphatic heterocycles. The zero-order valence-electron chi connectivity index (χ0n) is 22.9. The van der Waals surface area contributed by atoms with Gasteiger partial charge in [-0.3, -0.25) is 9.59 Å². The summed E-state index contributed by atoms with van der Waals surface area (Å²) in [4.78, 5) is 59.2. The third-order valence-corrected chi connectivity index (χ3v) is 8.88. The number of nitrogens with zero attached hydrogens (tertiary/aromatic N) is 2. The van der Waals surface area contributed by atoms with Crippen molar-refractivity contribution in [3.63, 3.8) is 0 Å². The van der Waals surface area contributed by atoms with Gasteiger partial charge in [0.25, 0.3) is 11.8 Å². The van der Waals surface area contributed by atoms with E-state index in [1.54, 1.807) is 17.0 Å².